The van der Waals surface area contributed by atoms with Crippen LogP contribution in [0.1, 0.15) is 30.4 Å². The van der Waals surface area contributed by atoms with Gasteiger partial charge < -0.3 is 4.84 Å². The van der Waals surface area contributed by atoms with Crippen LogP contribution in [0.15, 0.2) is 60.7 Å². The SMILES string of the molecule is CC(=O)NOC(=O)CC(c1ccccc1)c1ccccc1. The topological polar surface area (TPSA) is 55.4 Å². The van der Waals surface area contributed by atoms with Crippen molar-refractivity contribution in [1.82, 2.24) is 5.48 Å². The zero-order chi connectivity index (χ0) is 15.1. The second-order valence-electron chi connectivity index (χ2n) is 4.71. The van der Waals surface area contributed by atoms with Crippen LogP contribution in [-0.4, -0.2) is 11.9 Å². The molecule has 0 spiro atoms. The average Bonchev–Trinajstić information content (AvgIpc) is 2.52. The number of amides is 1. The van der Waals surface area contributed by atoms with E-state index in [0.717, 1.165) is 11.1 Å². The molecule has 0 fully saturated rings. The fourth-order valence-corrected chi connectivity index (χ4v) is 2.14. The van der Waals surface area contributed by atoms with E-state index in [0.29, 0.717) is 0 Å². The summed E-state index contributed by atoms with van der Waals surface area (Å²) < 4.78 is 0. The first-order chi connectivity index (χ1) is 10.2. The van der Waals surface area contributed by atoms with E-state index in [1.54, 1.807) is 0 Å². The number of hydrogen-bond acceptors (Lipinski definition) is 3. The summed E-state index contributed by atoms with van der Waals surface area (Å²) in [5.74, 6) is -0.976. The summed E-state index contributed by atoms with van der Waals surface area (Å²) in [7, 11) is 0. The highest BCUT2D eigenvalue weighted by Gasteiger charge is 2.19. The monoisotopic (exact) mass is 283 g/mol. The number of hydrogen-bond donors (Lipinski definition) is 1. The molecule has 0 atom stereocenters. The lowest BCUT2D eigenvalue weighted by Crippen LogP contribution is -2.25. The molecule has 0 saturated carbocycles. The molecule has 4 heteroatoms. The largest absolute Gasteiger partial charge is 0.341 e. The van der Waals surface area contributed by atoms with E-state index in [9.17, 15) is 9.59 Å². The minimum atomic E-state index is -0.470. The normalized spacial score (nSPS) is 10.2. The van der Waals surface area contributed by atoms with Crippen molar-refractivity contribution in [2.24, 2.45) is 0 Å². The van der Waals surface area contributed by atoms with E-state index in [-0.39, 0.29) is 12.3 Å². The Bertz CT molecular complexity index is 556. The Hall–Kier alpha value is -2.62. The van der Waals surface area contributed by atoms with E-state index < -0.39 is 11.9 Å². The first kappa shape index (κ1) is 14.8. The highest BCUT2D eigenvalue weighted by molar-refractivity contribution is 5.76. The minimum absolute atomic E-state index is 0.103. The minimum Gasteiger partial charge on any atom is -0.341 e. The maximum atomic E-state index is 11.9. The molecule has 1 amide bonds. The summed E-state index contributed by atoms with van der Waals surface area (Å²) in [5, 5.41) is 0. The van der Waals surface area contributed by atoms with Crippen molar-refractivity contribution in [2.45, 2.75) is 19.3 Å². The smallest absolute Gasteiger partial charge is 0.333 e. The molecule has 21 heavy (non-hydrogen) atoms. The predicted molar refractivity (Wildman–Crippen MR) is 79.3 cm³/mol. The molecule has 108 valence electrons. The number of carbonyl (C=O) groups excluding carboxylic acids is 2. The summed E-state index contributed by atoms with van der Waals surface area (Å²) in [4.78, 5) is 27.4. The summed E-state index contributed by atoms with van der Waals surface area (Å²) in [6.45, 7) is 1.29. The van der Waals surface area contributed by atoms with Gasteiger partial charge in [-0.05, 0) is 11.1 Å². The van der Waals surface area contributed by atoms with Gasteiger partial charge in [-0.15, -0.1) is 0 Å². The van der Waals surface area contributed by atoms with Gasteiger partial charge in [0.2, 0.25) is 5.91 Å². The third-order valence-electron chi connectivity index (χ3n) is 3.08. The molecule has 0 aliphatic carbocycles. The van der Waals surface area contributed by atoms with Crippen LogP contribution in [0.2, 0.25) is 0 Å². The third-order valence-corrected chi connectivity index (χ3v) is 3.08. The standard InChI is InChI=1S/C17H17NO3/c1-13(19)18-21-17(20)12-16(14-8-4-2-5-9-14)15-10-6-3-7-11-15/h2-11,16H,12H2,1H3,(H,18,19). The molecule has 0 aliphatic rings. The molecule has 0 bridgehead atoms. The van der Waals surface area contributed by atoms with E-state index in [1.807, 2.05) is 60.7 Å². The van der Waals surface area contributed by atoms with Gasteiger partial charge in [-0.2, -0.15) is 5.48 Å². The van der Waals surface area contributed by atoms with Crippen LogP contribution in [0.4, 0.5) is 0 Å². The molecule has 0 aliphatic heterocycles. The number of rotatable bonds is 4. The van der Waals surface area contributed by atoms with Crippen LogP contribution in [0.25, 0.3) is 0 Å². The van der Waals surface area contributed by atoms with Crippen LogP contribution in [0, 0.1) is 0 Å². The Labute approximate surface area is 123 Å². The van der Waals surface area contributed by atoms with Crippen LogP contribution >= 0.6 is 0 Å². The molecule has 0 saturated heterocycles. The number of hydroxylamine groups is 1. The lowest BCUT2D eigenvalue weighted by Gasteiger charge is -2.17. The second kappa shape index (κ2) is 7.24. The van der Waals surface area contributed by atoms with Gasteiger partial charge in [0, 0.05) is 12.8 Å². The van der Waals surface area contributed by atoms with Crippen LogP contribution < -0.4 is 5.48 Å². The molecule has 4 nitrogen and oxygen atoms in total. The van der Waals surface area contributed by atoms with E-state index in [4.69, 9.17) is 4.84 Å². The zero-order valence-corrected chi connectivity index (χ0v) is 11.8. The van der Waals surface area contributed by atoms with Gasteiger partial charge in [-0.1, -0.05) is 60.7 Å². The highest BCUT2D eigenvalue weighted by atomic mass is 16.7. The molecule has 0 unspecified atom stereocenters. The van der Waals surface area contributed by atoms with Gasteiger partial charge in [-0.25, -0.2) is 4.79 Å². The number of nitrogens with one attached hydrogen (secondary N) is 1. The van der Waals surface area contributed by atoms with Gasteiger partial charge in [0.05, 0.1) is 6.42 Å². The summed E-state index contributed by atoms with van der Waals surface area (Å²) in [6, 6.07) is 19.5. The van der Waals surface area contributed by atoms with Gasteiger partial charge >= 0.3 is 5.97 Å². The van der Waals surface area contributed by atoms with E-state index in [1.165, 1.54) is 6.92 Å². The molecule has 2 aromatic carbocycles. The van der Waals surface area contributed by atoms with Gasteiger partial charge in [0.25, 0.3) is 0 Å². The van der Waals surface area contributed by atoms with Gasteiger partial charge in [-0.3, -0.25) is 4.79 Å². The fourth-order valence-electron chi connectivity index (χ4n) is 2.14. The van der Waals surface area contributed by atoms with Crippen LogP contribution in [-0.2, 0) is 14.4 Å². The Balaban J connectivity index is 2.17. The molecule has 0 aromatic heterocycles. The number of benzene rings is 2. The Morgan fingerprint density at radius 3 is 1.86 bits per heavy atom. The van der Waals surface area contributed by atoms with Crippen molar-refractivity contribution < 1.29 is 14.4 Å². The third kappa shape index (κ3) is 4.45. The Kier molecular flexibility index (Phi) is 5.10. The van der Waals surface area contributed by atoms with Crippen molar-refractivity contribution in [3.8, 4) is 0 Å². The summed E-state index contributed by atoms with van der Waals surface area (Å²) in [6.07, 6.45) is 0.161. The molecule has 2 aromatic rings. The molecular weight excluding hydrogens is 266 g/mol. The van der Waals surface area contributed by atoms with Crippen molar-refractivity contribution >= 4 is 11.9 Å². The van der Waals surface area contributed by atoms with Crippen molar-refractivity contribution in [3.63, 3.8) is 0 Å². The van der Waals surface area contributed by atoms with Gasteiger partial charge in [0.1, 0.15) is 0 Å². The molecule has 1 N–H and O–H groups in total. The maximum absolute atomic E-state index is 11.9. The molecule has 2 rings (SSSR count). The second-order valence-corrected chi connectivity index (χ2v) is 4.71. The maximum Gasteiger partial charge on any atom is 0.333 e. The number of carbonyl (C=O) groups is 2. The molecule has 0 radical (unpaired) electrons. The van der Waals surface area contributed by atoms with Crippen molar-refractivity contribution in [1.29, 1.82) is 0 Å². The lowest BCUT2D eigenvalue weighted by molar-refractivity contribution is -0.157. The Morgan fingerprint density at radius 2 is 1.43 bits per heavy atom. The first-order valence-corrected chi connectivity index (χ1v) is 6.73. The van der Waals surface area contributed by atoms with Crippen LogP contribution in [0.3, 0.4) is 0 Å². The van der Waals surface area contributed by atoms with E-state index >= 15 is 0 Å². The highest BCUT2D eigenvalue weighted by Crippen LogP contribution is 2.27. The molecular formula is C17H17NO3. The van der Waals surface area contributed by atoms with Crippen LogP contribution in [0.5, 0.6) is 0 Å². The lowest BCUT2D eigenvalue weighted by atomic mass is 9.89. The zero-order valence-electron chi connectivity index (χ0n) is 11.8. The first-order valence-electron chi connectivity index (χ1n) is 6.73. The summed E-state index contributed by atoms with van der Waals surface area (Å²) in [5.41, 5.74) is 4.13. The van der Waals surface area contributed by atoms with Crippen molar-refractivity contribution in [2.75, 3.05) is 0 Å². The van der Waals surface area contributed by atoms with E-state index in [2.05, 4.69) is 5.48 Å². The van der Waals surface area contributed by atoms with Crippen molar-refractivity contribution in [3.05, 3.63) is 71.8 Å². The molecule has 0 heterocycles. The predicted octanol–water partition coefficient (Wildman–Crippen LogP) is 2.80. The average molecular weight is 283 g/mol. The Morgan fingerprint density at radius 1 is 0.952 bits per heavy atom. The fraction of sp³-hybridized carbons (Fsp3) is 0.176. The quantitative estimate of drug-likeness (QED) is 0.878. The summed E-state index contributed by atoms with van der Waals surface area (Å²) >= 11 is 0. The van der Waals surface area contributed by atoms with Gasteiger partial charge in [0.15, 0.2) is 0 Å².